The molecule has 0 radical (unpaired) electrons. The largest absolute Gasteiger partial charge is 0.379 e. The molecule has 2 aliphatic rings. The second-order valence-electron chi connectivity index (χ2n) is 8.54. The summed E-state index contributed by atoms with van der Waals surface area (Å²) in [7, 11) is 0. The Kier molecular flexibility index (Phi) is 3.61. The standard InChI is InChI=1S/C23H26N2/c1-22(2)14-16-9-5-7-11-18(16)20(24-22)13-21-19-12-8-6-10-17(19)15-23(3,4)25-21/h5-13,24H,14-15H2,1-4H3/b20-13-. The summed E-state index contributed by atoms with van der Waals surface area (Å²) < 4.78 is 0. The van der Waals surface area contributed by atoms with Gasteiger partial charge in [0.25, 0.3) is 0 Å². The normalized spacial score (nSPS) is 21.8. The van der Waals surface area contributed by atoms with Crippen LogP contribution in [0.5, 0.6) is 0 Å². The van der Waals surface area contributed by atoms with Crippen LogP contribution in [0.4, 0.5) is 0 Å². The van der Waals surface area contributed by atoms with Gasteiger partial charge in [0.2, 0.25) is 0 Å². The van der Waals surface area contributed by atoms with E-state index in [1.165, 1.54) is 28.0 Å². The fourth-order valence-corrected chi connectivity index (χ4v) is 4.07. The summed E-state index contributed by atoms with van der Waals surface area (Å²) in [6, 6.07) is 17.4. The van der Waals surface area contributed by atoms with E-state index in [2.05, 4.69) is 87.6 Å². The lowest BCUT2D eigenvalue weighted by molar-refractivity contribution is 0.437. The van der Waals surface area contributed by atoms with Crippen LogP contribution in [0.2, 0.25) is 0 Å². The van der Waals surface area contributed by atoms with Crippen LogP contribution >= 0.6 is 0 Å². The molecule has 2 heterocycles. The molecular weight excluding hydrogens is 304 g/mol. The van der Waals surface area contributed by atoms with Crippen LogP contribution in [0.25, 0.3) is 5.70 Å². The lowest BCUT2D eigenvalue weighted by Gasteiger charge is -2.36. The van der Waals surface area contributed by atoms with Crippen molar-refractivity contribution < 1.29 is 0 Å². The number of hydrogen-bond acceptors (Lipinski definition) is 2. The second-order valence-corrected chi connectivity index (χ2v) is 8.54. The van der Waals surface area contributed by atoms with Crippen LogP contribution in [-0.2, 0) is 12.8 Å². The lowest BCUT2D eigenvalue weighted by atomic mass is 9.84. The molecule has 2 aromatic carbocycles. The highest BCUT2D eigenvalue weighted by atomic mass is 15.0. The van der Waals surface area contributed by atoms with Crippen LogP contribution in [0.15, 0.2) is 59.6 Å². The maximum atomic E-state index is 5.07. The van der Waals surface area contributed by atoms with Gasteiger partial charge in [-0.25, -0.2) is 0 Å². The molecule has 0 spiro atoms. The van der Waals surface area contributed by atoms with E-state index < -0.39 is 0 Å². The van der Waals surface area contributed by atoms with E-state index in [-0.39, 0.29) is 11.1 Å². The maximum Gasteiger partial charge on any atom is 0.0676 e. The molecule has 0 aliphatic carbocycles. The number of nitrogens with zero attached hydrogens (tertiary/aromatic N) is 1. The quantitative estimate of drug-likeness (QED) is 0.800. The first-order valence-electron chi connectivity index (χ1n) is 9.09. The van der Waals surface area contributed by atoms with Crippen molar-refractivity contribution in [1.29, 1.82) is 0 Å². The van der Waals surface area contributed by atoms with Gasteiger partial charge in [-0.2, -0.15) is 0 Å². The predicted molar refractivity (Wildman–Crippen MR) is 106 cm³/mol. The molecule has 0 saturated heterocycles. The molecule has 128 valence electrons. The molecule has 2 heteroatoms. The average Bonchev–Trinajstić information content (AvgIpc) is 2.52. The van der Waals surface area contributed by atoms with Gasteiger partial charge < -0.3 is 5.32 Å². The Balaban J connectivity index is 1.86. The molecule has 0 fully saturated rings. The fourth-order valence-electron chi connectivity index (χ4n) is 4.07. The average molecular weight is 330 g/mol. The molecule has 0 aromatic heterocycles. The smallest absolute Gasteiger partial charge is 0.0676 e. The zero-order valence-corrected chi connectivity index (χ0v) is 15.6. The predicted octanol–water partition coefficient (Wildman–Crippen LogP) is 4.78. The minimum atomic E-state index is -0.0650. The Morgan fingerprint density at radius 3 is 2.16 bits per heavy atom. The van der Waals surface area contributed by atoms with Crippen molar-refractivity contribution in [3.05, 3.63) is 76.9 Å². The number of aliphatic imine (C=N–C) groups is 1. The van der Waals surface area contributed by atoms with Crippen molar-refractivity contribution in [2.75, 3.05) is 0 Å². The number of hydrogen-bond donors (Lipinski definition) is 1. The summed E-state index contributed by atoms with van der Waals surface area (Å²) >= 11 is 0. The van der Waals surface area contributed by atoms with E-state index in [4.69, 9.17) is 4.99 Å². The highest BCUT2D eigenvalue weighted by Gasteiger charge is 2.29. The van der Waals surface area contributed by atoms with Crippen molar-refractivity contribution in [2.45, 2.75) is 51.6 Å². The van der Waals surface area contributed by atoms with Gasteiger partial charge in [0.1, 0.15) is 0 Å². The second kappa shape index (κ2) is 5.59. The van der Waals surface area contributed by atoms with Gasteiger partial charge in [0.15, 0.2) is 0 Å². The molecule has 2 nitrogen and oxygen atoms in total. The van der Waals surface area contributed by atoms with Gasteiger partial charge in [-0.3, -0.25) is 4.99 Å². The third kappa shape index (κ3) is 3.13. The molecule has 0 bridgehead atoms. The molecule has 1 N–H and O–H groups in total. The molecule has 2 aromatic rings. The van der Waals surface area contributed by atoms with E-state index in [9.17, 15) is 0 Å². The summed E-state index contributed by atoms with van der Waals surface area (Å²) in [6.45, 7) is 8.95. The SMILES string of the molecule is CC1(C)Cc2ccccc2C(/C=C2\NC(C)(C)Cc3ccccc32)=N1. The van der Waals surface area contributed by atoms with Gasteiger partial charge in [0.05, 0.1) is 11.3 Å². The van der Waals surface area contributed by atoms with Crippen LogP contribution in [0.3, 0.4) is 0 Å². The highest BCUT2D eigenvalue weighted by molar-refractivity contribution is 6.14. The minimum absolute atomic E-state index is 0.0461. The first kappa shape index (κ1) is 16.1. The van der Waals surface area contributed by atoms with E-state index >= 15 is 0 Å². The van der Waals surface area contributed by atoms with Gasteiger partial charge in [-0.1, -0.05) is 48.5 Å². The van der Waals surface area contributed by atoms with E-state index in [0.717, 1.165) is 18.6 Å². The molecule has 4 rings (SSSR count). The first-order chi connectivity index (χ1) is 11.8. The fraction of sp³-hybridized carbons (Fsp3) is 0.348. The van der Waals surface area contributed by atoms with E-state index in [1.54, 1.807) is 0 Å². The number of nitrogens with one attached hydrogen (secondary N) is 1. The zero-order chi connectivity index (χ0) is 17.7. The maximum absolute atomic E-state index is 5.07. The molecule has 0 unspecified atom stereocenters. The van der Waals surface area contributed by atoms with Crippen molar-refractivity contribution in [3.63, 3.8) is 0 Å². The van der Waals surface area contributed by atoms with Crippen LogP contribution < -0.4 is 5.32 Å². The summed E-state index contributed by atoms with van der Waals surface area (Å²) in [6.07, 6.45) is 4.28. The monoisotopic (exact) mass is 330 g/mol. The number of fused-ring (bicyclic) bond motifs is 2. The highest BCUT2D eigenvalue weighted by Crippen LogP contribution is 2.32. The van der Waals surface area contributed by atoms with Crippen molar-refractivity contribution in [1.82, 2.24) is 5.32 Å². The molecule has 2 aliphatic heterocycles. The molecule has 0 amide bonds. The van der Waals surface area contributed by atoms with Crippen molar-refractivity contribution >= 4 is 11.4 Å². The third-order valence-corrected chi connectivity index (χ3v) is 5.03. The Bertz CT molecular complexity index is 884. The van der Waals surface area contributed by atoms with Gasteiger partial charge >= 0.3 is 0 Å². The van der Waals surface area contributed by atoms with Gasteiger partial charge in [-0.05, 0) is 57.7 Å². The topological polar surface area (TPSA) is 24.4 Å². The Morgan fingerprint density at radius 2 is 1.44 bits per heavy atom. The third-order valence-electron chi connectivity index (χ3n) is 5.03. The number of allylic oxidation sites excluding steroid dienone is 1. The number of benzene rings is 2. The Hall–Kier alpha value is -2.35. The Labute approximate surface area is 150 Å². The van der Waals surface area contributed by atoms with Crippen LogP contribution in [0.1, 0.15) is 49.9 Å². The Morgan fingerprint density at radius 1 is 0.840 bits per heavy atom. The summed E-state index contributed by atoms with van der Waals surface area (Å²) in [4.78, 5) is 5.07. The van der Waals surface area contributed by atoms with Crippen molar-refractivity contribution in [3.8, 4) is 0 Å². The van der Waals surface area contributed by atoms with Gasteiger partial charge in [0, 0.05) is 22.4 Å². The van der Waals surface area contributed by atoms with Gasteiger partial charge in [-0.15, -0.1) is 0 Å². The first-order valence-corrected chi connectivity index (χ1v) is 9.09. The summed E-state index contributed by atoms with van der Waals surface area (Å²) in [5, 5.41) is 3.73. The zero-order valence-electron chi connectivity index (χ0n) is 15.6. The van der Waals surface area contributed by atoms with E-state index in [0.29, 0.717) is 0 Å². The van der Waals surface area contributed by atoms with E-state index in [1.807, 2.05) is 0 Å². The molecule has 25 heavy (non-hydrogen) atoms. The summed E-state index contributed by atoms with van der Waals surface area (Å²) in [5.74, 6) is 0. The summed E-state index contributed by atoms with van der Waals surface area (Å²) in [5.41, 5.74) is 7.59. The minimum Gasteiger partial charge on any atom is -0.379 e. The van der Waals surface area contributed by atoms with Crippen molar-refractivity contribution in [2.24, 2.45) is 4.99 Å². The van der Waals surface area contributed by atoms with Crippen LogP contribution in [-0.4, -0.2) is 16.8 Å². The van der Waals surface area contributed by atoms with Crippen LogP contribution in [0, 0.1) is 0 Å². The lowest BCUT2D eigenvalue weighted by Crippen LogP contribution is -2.44. The molecule has 0 saturated carbocycles. The number of rotatable bonds is 1. The molecular formula is C23H26N2. The molecule has 0 atom stereocenters.